The molecule has 1 aliphatic heterocycles. The van der Waals surface area contributed by atoms with Crippen LogP contribution in [-0.2, 0) is 6.42 Å². The van der Waals surface area contributed by atoms with Gasteiger partial charge in [0.25, 0.3) is 0 Å². The number of fused-ring (bicyclic) bond motifs is 1. The Morgan fingerprint density at radius 1 is 1.08 bits per heavy atom. The predicted molar refractivity (Wildman–Crippen MR) is 89.8 cm³/mol. The van der Waals surface area contributed by atoms with Gasteiger partial charge < -0.3 is 5.32 Å². The smallest absolute Gasteiger partial charge is 0.248 e. The Morgan fingerprint density at radius 3 is 2.54 bits per heavy atom. The number of halogens is 1. The number of aryl methyl sites for hydroxylation is 1. The van der Waals surface area contributed by atoms with Gasteiger partial charge in [0.05, 0.1) is 0 Å². The molecule has 1 N–H and O–H groups in total. The van der Waals surface area contributed by atoms with Gasteiger partial charge in [0.1, 0.15) is 11.9 Å². The zero-order valence-corrected chi connectivity index (χ0v) is 13.1. The third kappa shape index (κ3) is 2.56. The standard InChI is InChI=1S/C18H16FN5/c1-2-12-3-5-14(6-4-12)17-11-16(13-7-9-15(19)10-8-13)20-18-21-22-23-24(17)18/h3-11,17H,2H2,1H3,(H,20,21,23)/t17-/m0/s1. The molecular formula is C18H16FN5. The average molecular weight is 321 g/mol. The minimum Gasteiger partial charge on any atom is -0.323 e. The summed E-state index contributed by atoms with van der Waals surface area (Å²) in [5.74, 6) is 0.313. The van der Waals surface area contributed by atoms with Gasteiger partial charge in [-0.05, 0) is 63.9 Å². The summed E-state index contributed by atoms with van der Waals surface area (Å²) in [5.41, 5.74) is 4.14. The number of allylic oxidation sites excluding steroid dienone is 1. The molecule has 4 rings (SSSR count). The first-order chi connectivity index (χ1) is 11.7. The number of hydrogen-bond donors (Lipinski definition) is 1. The van der Waals surface area contributed by atoms with E-state index in [-0.39, 0.29) is 11.9 Å². The third-order valence-corrected chi connectivity index (χ3v) is 4.21. The maximum absolute atomic E-state index is 13.2. The highest BCUT2D eigenvalue weighted by Crippen LogP contribution is 2.31. The molecule has 0 fully saturated rings. The van der Waals surface area contributed by atoms with Crippen LogP contribution < -0.4 is 5.32 Å². The highest BCUT2D eigenvalue weighted by Gasteiger charge is 2.24. The largest absolute Gasteiger partial charge is 0.323 e. The van der Waals surface area contributed by atoms with Crippen LogP contribution in [-0.4, -0.2) is 20.2 Å². The molecule has 24 heavy (non-hydrogen) atoms. The SMILES string of the molecule is CCc1ccc([C@@H]2C=C(c3ccc(F)cc3)Nc3nnnn32)cc1. The molecule has 6 heteroatoms. The Hall–Kier alpha value is -3.02. The van der Waals surface area contributed by atoms with E-state index in [1.165, 1.54) is 17.7 Å². The van der Waals surface area contributed by atoms with Gasteiger partial charge in [-0.25, -0.2) is 4.39 Å². The number of nitrogens with one attached hydrogen (secondary N) is 1. The molecule has 0 saturated carbocycles. The molecule has 0 unspecified atom stereocenters. The zero-order valence-electron chi connectivity index (χ0n) is 13.1. The fourth-order valence-electron chi connectivity index (χ4n) is 2.84. The fraction of sp³-hybridized carbons (Fsp3) is 0.167. The fourth-order valence-corrected chi connectivity index (χ4v) is 2.84. The van der Waals surface area contributed by atoms with Crippen molar-refractivity contribution < 1.29 is 4.39 Å². The topological polar surface area (TPSA) is 55.6 Å². The third-order valence-electron chi connectivity index (χ3n) is 4.21. The molecule has 2 aromatic carbocycles. The van der Waals surface area contributed by atoms with Crippen molar-refractivity contribution in [1.82, 2.24) is 20.2 Å². The molecule has 0 radical (unpaired) electrons. The first-order valence-corrected chi connectivity index (χ1v) is 7.86. The normalized spacial score (nSPS) is 16.2. The highest BCUT2D eigenvalue weighted by molar-refractivity contribution is 5.76. The summed E-state index contributed by atoms with van der Waals surface area (Å²) in [5, 5.41) is 15.1. The average Bonchev–Trinajstić information content (AvgIpc) is 3.10. The molecule has 2 heterocycles. The Morgan fingerprint density at radius 2 is 1.83 bits per heavy atom. The van der Waals surface area contributed by atoms with Crippen molar-refractivity contribution >= 4 is 11.6 Å². The van der Waals surface area contributed by atoms with E-state index in [0.29, 0.717) is 5.95 Å². The van der Waals surface area contributed by atoms with E-state index in [1.807, 2.05) is 0 Å². The Balaban J connectivity index is 1.77. The van der Waals surface area contributed by atoms with Crippen molar-refractivity contribution in [2.45, 2.75) is 19.4 Å². The lowest BCUT2D eigenvalue weighted by Gasteiger charge is -2.23. The van der Waals surface area contributed by atoms with Crippen LogP contribution in [0.15, 0.2) is 54.6 Å². The molecule has 5 nitrogen and oxygen atoms in total. The Labute approximate surface area is 138 Å². The maximum atomic E-state index is 13.2. The van der Waals surface area contributed by atoms with E-state index in [9.17, 15) is 4.39 Å². The van der Waals surface area contributed by atoms with E-state index < -0.39 is 0 Å². The minimum absolute atomic E-state index is 0.109. The summed E-state index contributed by atoms with van der Waals surface area (Å²) < 4.78 is 14.9. The monoisotopic (exact) mass is 321 g/mol. The van der Waals surface area contributed by atoms with Gasteiger partial charge in [0.2, 0.25) is 5.95 Å². The van der Waals surface area contributed by atoms with Crippen LogP contribution in [0.3, 0.4) is 0 Å². The molecule has 0 bridgehead atoms. The number of rotatable bonds is 3. The molecule has 1 aromatic heterocycles. The van der Waals surface area contributed by atoms with E-state index in [1.54, 1.807) is 16.8 Å². The van der Waals surface area contributed by atoms with Crippen LogP contribution in [0.25, 0.3) is 5.70 Å². The van der Waals surface area contributed by atoms with Crippen molar-refractivity contribution in [3.8, 4) is 0 Å². The van der Waals surface area contributed by atoms with E-state index in [2.05, 4.69) is 58.1 Å². The van der Waals surface area contributed by atoms with Crippen LogP contribution in [0, 0.1) is 5.82 Å². The van der Waals surface area contributed by atoms with Crippen molar-refractivity contribution in [3.05, 3.63) is 77.1 Å². The van der Waals surface area contributed by atoms with Crippen LogP contribution >= 0.6 is 0 Å². The molecule has 1 aliphatic rings. The second-order valence-corrected chi connectivity index (χ2v) is 5.70. The summed E-state index contributed by atoms with van der Waals surface area (Å²) in [4.78, 5) is 0. The van der Waals surface area contributed by atoms with Crippen LogP contribution in [0.4, 0.5) is 10.3 Å². The van der Waals surface area contributed by atoms with Gasteiger partial charge in [-0.15, -0.1) is 0 Å². The predicted octanol–water partition coefficient (Wildman–Crippen LogP) is 3.43. The lowest BCUT2D eigenvalue weighted by atomic mass is 10.00. The second-order valence-electron chi connectivity index (χ2n) is 5.70. The number of nitrogens with zero attached hydrogens (tertiary/aromatic N) is 4. The van der Waals surface area contributed by atoms with Crippen molar-refractivity contribution in [1.29, 1.82) is 0 Å². The minimum atomic E-state index is -0.258. The number of hydrogen-bond acceptors (Lipinski definition) is 4. The molecule has 3 aromatic rings. The van der Waals surface area contributed by atoms with E-state index in [0.717, 1.165) is 23.2 Å². The molecular weight excluding hydrogens is 305 g/mol. The second kappa shape index (κ2) is 5.88. The number of benzene rings is 2. The van der Waals surface area contributed by atoms with E-state index >= 15 is 0 Å². The van der Waals surface area contributed by atoms with Gasteiger partial charge in [-0.2, -0.15) is 4.68 Å². The summed E-state index contributed by atoms with van der Waals surface area (Å²) in [6.45, 7) is 2.13. The summed E-state index contributed by atoms with van der Waals surface area (Å²) >= 11 is 0. The van der Waals surface area contributed by atoms with E-state index in [4.69, 9.17) is 0 Å². The summed E-state index contributed by atoms with van der Waals surface area (Å²) in [6, 6.07) is 14.7. The molecule has 1 atom stereocenters. The van der Waals surface area contributed by atoms with Gasteiger partial charge in [0, 0.05) is 5.70 Å². The number of aromatic nitrogens is 4. The lowest BCUT2D eigenvalue weighted by Crippen LogP contribution is -2.20. The number of tetrazole rings is 1. The van der Waals surface area contributed by atoms with Crippen LogP contribution in [0.5, 0.6) is 0 Å². The first-order valence-electron chi connectivity index (χ1n) is 7.86. The Bertz CT molecular complexity index is 881. The lowest BCUT2D eigenvalue weighted by molar-refractivity contribution is 0.585. The molecule has 0 aliphatic carbocycles. The van der Waals surface area contributed by atoms with Crippen LogP contribution in [0.2, 0.25) is 0 Å². The van der Waals surface area contributed by atoms with Crippen molar-refractivity contribution in [2.24, 2.45) is 0 Å². The van der Waals surface area contributed by atoms with Gasteiger partial charge >= 0.3 is 0 Å². The Kier molecular flexibility index (Phi) is 3.57. The maximum Gasteiger partial charge on any atom is 0.248 e. The zero-order chi connectivity index (χ0) is 16.5. The summed E-state index contributed by atoms with van der Waals surface area (Å²) in [7, 11) is 0. The molecule has 120 valence electrons. The highest BCUT2D eigenvalue weighted by atomic mass is 19.1. The molecule has 0 amide bonds. The van der Waals surface area contributed by atoms with Gasteiger partial charge in [-0.3, -0.25) is 0 Å². The number of anilines is 1. The molecule has 0 saturated heterocycles. The van der Waals surface area contributed by atoms with Gasteiger partial charge in [0.15, 0.2) is 0 Å². The van der Waals surface area contributed by atoms with Crippen LogP contribution in [0.1, 0.15) is 29.7 Å². The van der Waals surface area contributed by atoms with Crippen molar-refractivity contribution in [3.63, 3.8) is 0 Å². The summed E-state index contributed by atoms with van der Waals surface area (Å²) in [6.07, 6.45) is 3.05. The molecule has 0 spiro atoms. The first kappa shape index (κ1) is 14.6. The van der Waals surface area contributed by atoms with Crippen molar-refractivity contribution in [2.75, 3.05) is 5.32 Å². The van der Waals surface area contributed by atoms with Gasteiger partial charge in [-0.1, -0.05) is 36.3 Å². The quantitative estimate of drug-likeness (QED) is 0.803.